The minimum atomic E-state index is -4.33. The van der Waals surface area contributed by atoms with Crippen molar-refractivity contribution in [1.29, 1.82) is 0 Å². The molecule has 1 saturated carbocycles. The van der Waals surface area contributed by atoms with Crippen molar-refractivity contribution < 1.29 is 13.2 Å². The Morgan fingerprint density at radius 3 is 2.43 bits per heavy atom. The van der Waals surface area contributed by atoms with E-state index in [1.807, 2.05) is 25.6 Å². The van der Waals surface area contributed by atoms with Crippen molar-refractivity contribution in [2.24, 2.45) is 12.0 Å². The number of aryl methyl sites for hydroxylation is 2. The van der Waals surface area contributed by atoms with E-state index in [2.05, 4.69) is 20.7 Å². The van der Waals surface area contributed by atoms with Crippen LogP contribution in [0.4, 0.5) is 13.2 Å². The minimum absolute atomic E-state index is 0. The van der Waals surface area contributed by atoms with Gasteiger partial charge in [0.2, 0.25) is 0 Å². The Labute approximate surface area is 192 Å². The summed E-state index contributed by atoms with van der Waals surface area (Å²) in [6.07, 6.45) is -1.60. The van der Waals surface area contributed by atoms with E-state index in [0.717, 1.165) is 47.8 Å². The van der Waals surface area contributed by atoms with Crippen LogP contribution in [0.3, 0.4) is 0 Å². The standard InChI is InChI=1S/C21H28F3N5.HI/c1-14-18(15(2)29(4)28-14)12-26-19(25-3)27-13-20(9-6-10-20)16-7-5-8-17(11-16)21(22,23)24;/h5,7-8,11H,6,9-10,12-13H2,1-4H3,(H2,25,26,27);1H. The van der Waals surface area contributed by atoms with Gasteiger partial charge < -0.3 is 10.6 Å². The fourth-order valence-corrected chi connectivity index (χ4v) is 3.92. The number of nitrogens with one attached hydrogen (secondary N) is 2. The van der Waals surface area contributed by atoms with Gasteiger partial charge in [-0.25, -0.2) is 0 Å². The maximum atomic E-state index is 13.1. The molecule has 0 spiro atoms. The molecule has 1 heterocycles. The van der Waals surface area contributed by atoms with Crippen molar-refractivity contribution in [3.63, 3.8) is 0 Å². The molecule has 1 aromatic heterocycles. The van der Waals surface area contributed by atoms with Gasteiger partial charge in [-0.05, 0) is 38.3 Å². The first-order valence-corrected chi connectivity index (χ1v) is 9.77. The highest BCUT2D eigenvalue weighted by atomic mass is 127. The monoisotopic (exact) mass is 535 g/mol. The van der Waals surface area contributed by atoms with Crippen molar-refractivity contribution >= 4 is 29.9 Å². The molecule has 9 heteroatoms. The van der Waals surface area contributed by atoms with Crippen LogP contribution >= 0.6 is 24.0 Å². The smallest absolute Gasteiger partial charge is 0.356 e. The molecular formula is C21H29F3IN5. The summed E-state index contributed by atoms with van der Waals surface area (Å²) in [5, 5.41) is 11.0. The number of hydrogen-bond donors (Lipinski definition) is 2. The maximum Gasteiger partial charge on any atom is 0.416 e. The van der Waals surface area contributed by atoms with Crippen molar-refractivity contribution in [2.75, 3.05) is 13.6 Å². The third-order valence-corrected chi connectivity index (χ3v) is 6.02. The number of alkyl halides is 3. The van der Waals surface area contributed by atoms with E-state index in [1.54, 1.807) is 13.1 Å². The van der Waals surface area contributed by atoms with E-state index in [1.165, 1.54) is 12.1 Å². The lowest BCUT2D eigenvalue weighted by Crippen LogP contribution is -2.48. The molecular weight excluding hydrogens is 506 g/mol. The molecule has 0 unspecified atom stereocenters. The summed E-state index contributed by atoms with van der Waals surface area (Å²) in [6.45, 7) is 5.11. The summed E-state index contributed by atoms with van der Waals surface area (Å²) >= 11 is 0. The third-order valence-electron chi connectivity index (χ3n) is 6.02. The van der Waals surface area contributed by atoms with Gasteiger partial charge in [0.1, 0.15) is 0 Å². The number of hydrogen-bond acceptors (Lipinski definition) is 2. The van der Waals surface area contributed by atoms with Crippen LogP contribution in [-0.2, 0) is 25.2 Å². The first-order chi connectivity index (χ1) is 13.7. The largest absolute Gasteiger partial charge is 0.416 e. The molecule has 0 aliphatic heterocycles. The van der Waals surface area contributed by atoms with Crippen molar-refractivity contribution in [3.8, 4) is 0 Å². The van der Waals surface area contributed by atoms with Crippen LogP contribution in [0.2, 0.25) is 0 Å². The Hall–Kier alpha value is -1.78. The number of rotatable bonds is 5. The van der Waals surface area contributed by atoms with Crippen molar-refractivity contribution in [2.45, 2.75) is 51.2 Å². The summed E-state index contributed by atoms with van der Waals surface area (Å²) in [6, 6.07) is 5.72. The fourth-order valence-electron chi connectivity index (χ4n) is 3.92. The second-order valence-electron chi connectivity index (χ2n) is 7.76. The molecule has 0 radical (unpaired) electrons. The van der Waals surface area contributed by atoms with E-state index in [0.29, 0.717) is 19.0 Å². The summed E-state index contributed by atoms with van der Waals surface area (Å²) < 4.78 is 41.2. The van der Waals surface area contributed by atoms with Gasteiger partial charge in [0, 0.05) is 43.9 Å². The van der Waals surface area contributed by atoms with Crippen molar-refractivity contribution in [1.82, 2.24) is 20.4 Å². The zero-order chi connectivity index (χ0) is 21.2. The molecule has 30 heavy (non-hydrogen) atoms. The molecule has 1 aromatic carbocycles. The predicted octanol–water partition coefficient (Wildman–Crippen LogP) is 4.46. The van der Waals surface area contributed by atoms with Gasteiger partial charge in [-0.3, -0.25) is 9.67 Å². The Morgan fingerprint density at radius 2 is 1.93 bits per heavy atom. The summed E-state index contributed by atoms with van der Waals surface area (Å²) in [4.78, 5) is 4.27. The highest BCUT2D eigenvalue weighted by Gasteiger charge is 2.40. The highest BCUT2D eigenvalue weighted by molar-refractivity contribution is 14.0. The van der Waals surface area contributed by atoms with Gasteiger partial charge >= 0.3 is 6.18 Å². The first kappa shape index (κ1) is 24.5. The van der Waals surface area contributed by atoms with Crippen LogP contribution < -0.4 is 10.6 Å². The maximum absolute atomic E-state index is 13.1. The summed E-state index contributed by atoms with van der Waals surface area (Å²) in [5.74, 6) is 0.630. The Balaban J connectivity index is 0.00000320. The molecule has 1 aliphatic carbocycles. The van der Waals surface area contributed by atoms with E-state index < -0.39 is 11.7 Å². The quantitative estimate of drug-likeness (QED) is 0.338. The van der Waals surface area contributed by atoms with E-state index in [4.69, 9.17) is 0 Å². The Kier molecular flexibility index (Phi) is 7.81. The van der Waals surface area contributed by atoms with Gasteiger partial charge in [-0.2, -0.15) is 18.3 Å². The molecule has 0 atom stereocenters. The SMILES string of the molecule is CN=C(NCc1c(C)nn(C)c1C)NCC1(c2cccc(C(F)(F)F)c2)CCC1.I. The zero-order valence-corrected chi connectivity index (χ0v) is 20.1. The summed E-state index contributed by atoms with van der Waals surface area (Å²) in [5.41, 5.74) is 3.02. The van der Waals surface area contributed by atoms with Crippen molar-refractivity contribution in [3.05, 3.63) is 52.3 Å². The van der Waals surface area contributed by atoms with Crippen LogP contribution in [0, 0.1) is 13.8 Å². The highest BCUT2D eigenvalue weighted by Crippen LogP contribution is 2.44. The van der Waals surface area contributed by atoms with E-state index in [-0.39, 0.29) is 29.4 Å². The Bertz CT molecular complexity index is 901. The molecule has 1 aliphatic rings. The van der Waals surface area contributed by atoms with Gasteiger partial charge in [0.15, 0.2) is 5.96 Å². The second kappa shape index (κ2) is 9.57. The molecule has 0 bridgehead atoms. The molecule has 0 amide bonds. The topological polar surface area (TPSA) is 54.2 Å². The van der Waals surface area contributed by atoms with Gasteiger partial charge in [0.05, 0.1) is 11.3 Å². The molecule has 0 saturated heterocycles. The fraction of sp³-hybridized carbons (Fsp3) is 0.524. The van der Waals surface area contributed by atoms with Gasteiger partial charge in [-0.15, -0.1) is 24.0 Å². The van der Waals surface area contributed by atoms with Crippen LogP contribution in [0.5, 0.6) is 0 Å². The first-order valence-electron chi connectivity index (χ1n) is 9.77. The Morgan fingerprint density at radius 1 is 1.23 bits per heavy atom. The average molecular weight is 535 g/mol. The second-order valence-corrected chi connectivity index (χ2v) is 7.76. The average Bonchev–Trinajstić information content (AvgIpc) is 2.88. The van der Waals surface area contributed by atoms with Crippen LogP contribution in [0.1, 0.15) is 47.3 Å². The minimum Gasteiger partial charge on any atom is -0.356 e. The molecule has 3 rings (SSSR count). The van der Waals surface area contributed by atoms with E-state index in [9.17, 15) is 13.2 Å². The van der Waals surface area contributed by atoms with Gasteiger partial charge in [0.25, 0.3) is 0 Å². The van der Waals surface area contributed by atoms with Crippen LogP contribution in [0.25, 0.3) is 0 Å². The number of aromatic nitrogens is 2. The number of aliphatic imine (C=N–C) groups is 1. The lowest BCUT2D eigenvalue weighted by molar-refractivity contribution is -0.137. The zero-order valence-electron chi connectivity index (χ0n) is 17.7. The summed E-state index contributed by atoms with van der Waals surface area (Å²) in [7, 11) is 3.60. The van der Waals surface area contributed by atoms with Crippen LogP contribution in [-0.4, -0.2) is 29.3 Å². The van der Waals surface area contributed by atoms with Crippen LogP contribution in [0.15, 0.2) is 29.3 Å². The molecule has 2 aromatic rings. The number of nitrogens with zero attached hydrogens (tertiary/aromatic N) is 3. The normalized spacial score (nSPS) is 15.9. The molecule has 166 valence electrons. The number of guanidine groups is 1. The molecule has 5 nitrogen and oxygen atoms in total. The van der Waals surface area contributed by atoms with E-state index >= 15 is 0 Å². The van der Waals surface area contributed by atoms with Gasteiger partial charge in [-0.1, -0.05) is 24.6 Å². The number of halogens is 4. The third kappa shape index (κ3) is 5.09. The lowest BCUT2D eigenvalue weighted by atomic mass is 9.64. The number of benzene rings is 1. The molecule has 2 N–H and O–H groups in total. The lowest BCUT2D eigenvalue weighted by Gasteiger charge is -2.43. The molecule has 1 fully saturated rings. The predicted molar refractivity (Wildman–Crippen MR) is 123 cm³/mol.